The maximum Gasteiger partial charge on any atom is 0.225 e. The van der Waals surface area contributed by atoms with Gasteiger partial charge in [-0.1, -0.05) is 25.0 Å². The van der Waals surface area contributed by atoms with Crippen LogP contribution < -0.4 is 10.1 Å². The lowest BCUT2D eigenvalue weighted by Crippen LogP contribution is -2.42. The number of carbonyl (C=O) groups is 2. The second-order valence-corrected chi connectivity index (χ2v) is 8.46. The molecule has 2 amide bonds. The van der Waals surface area contributed by atoms with E-state index >= 15 is 0 Å². The highest BCUT2D eigenvalue weighted by molar-refractivity contribution is 5.89. The summed E-state index contributed by atoms with van der Waals surface area (Å²) in [6.07, 6.45) is 8.20. The highest BCUT2D eigenvalue weighted by atomic mass is 16.5. The van der Waals surface area contributed by atoms with Crippen LogP contribution in [0.4, 0.5) is 0 Å². The van der Waals surface area contributed by atoms with Gasteiger partial charge in [-0.25, -0.2) is 0 Å². The lowest BCUT2D eigenvalue weighted by Gasteiger charge is -2.30. The maximum atomic E-state index is 12.9. The van der Waals surface area contributed by atoms with E-state index in [2.05, 4.69) is 22.4 Å². The van der Waals surface area contributed by atoms with E-state index in [0.29, 0.717) is 19.6 Å². The molecule has 1 unspecified atom stereocenters. The Kier molecular flexibility index (Phi) is 6.02. The van der Waals surface area contributed by atoms with E-state index in [0.717, 1.165) is 24.2 Å². The minimum absolute atomic E-state index is 0.0136. The third-order valence-corrected chi connectivity index (χ3v) is 6.57. The number of hydrogen-bond acceptors (Lipinski definition) is 4. The number of likely N-dealkylation sites (tertiary alicyclic amines) is 1. The molecule has 2 fully saturated rings. The Morgan fingerprint density at radius 3 is 2.53 bits per heavy atom. The molecular formula is C24H29N3O3. The molecular weight excluding hydrogens is 378 g/mol. The monoisotopic (exact) mass is 407 g/mol. The van der Waals surface area contributed by atoms with Gasteiger partial charge in [-0.15, -0.1) is 0 Å². The van der Waals surface area contributed by atoms with Gasteiger partial charge < -0.3 is 15.0 Å². The zero-order chi connectivity index (χ0) is 21.0. The van der Waals surface area contributed by atoms with Gasteiger partial charge >= 0.3 is 0 Å². The van der Waals surface area contributed by atoms with Crippen molar-refractivity contribution in [2.75, 3.05) is 20.2 Å². The molecule has 0 bridgehead atoms. The van der Waals surface area contributed by atoms with Gasteiger partial charge in [0.1, 0.15) is 5.75 Å². The van der Waals surface area contributed by atoms with Gasteiger partial charge in [0.25, 0.3) is 0 Å². The Morgan fingerprint density at radius 2 is 1.87 bits per heavy atom. The van der Waals surface area contributed by atoms with Crippen LogP contribution in [0.3, 0.4) is 0 Å². The van der Waals surface area contributed by atoms with Crippen LogP contribution in [0, 0.1) is 5.92 Å². The van der Waals surface area contributed by atoms with Gasteiger partial charge in [-0.2, -0.15) is 0 Å². The molecule has 1 atom stereocenters. The molecule has 2 aliphatic rings. The number of rotatable bonds is 7. The predicted octanol–water partition coefficient (Wildman–Crippen LogP) is 3.07. The largest absolute Gasteiger partial charge is 0.497 e. The summed E-state index contributed by atoms with van der Waals surface area (Å²) in [4.78, 5) is 31.1. The number of nitrogens with one attached hydrogen (secondary N) is 1. The molecule has 158 valence electrons. The third-order valence-electron chi connectivity index (χ3n) is 6.57. The summed E-state index contributed by atoms with van der Waals surface area (Å²) in [5.74, 6) is 0.585. The van der Waals surface area contributed by atoms with Crippen molar-refractivity contribution < 1.29 is 14.3 Å². The summed E-state index contributed by atoms with van der Waals surface area (Å²) >= 11 is 0. The first-order valence-corrected chi connectivity index (χ1v) is 10.7. The molecule has 1 N–H and O–H groups in total. The highest BCUT2D eigenvalue weighted by Crippen LogP contribution is 2.41. The van der Waals surface area contributed by atoms with Gasteiger partial charge in [-0.05, 0) is 48.2 Å². The second-order valence-electron chi connectivity index (χ2n) is 8.46. The van der Waals surface area contributed by atoms with E-state index in [9.17, 15) is 9.59 Å². The normalized spacial score (nSPS) is 20.4. The fraction of sp³-hybridized carbons (Fsp3) is 0.458. The number of aromatic nitrogens is 1. The van der Waals surface area contributed by atoms with E-state index in [-0.39, 0.29) is 29.6 Å². The van der Waals surface area contributed by atoms with Crippen molar-refractivity contribution in [1.82, 2.24) is 15.2 Å². The fourth-order valence-electron chi connectivity index (χ4n) is 4.77. The lowest BCUT2D eigenvalue weighted by atomic mass is 9.78. The van der Waals surface area contributed by atoms with Crippen molar-refractivity contribution in [2.24, 2.45) is 5.92 Å². The molecule has 2 aromatic rings. The Bertz CT molecular complexity index is 876. The van der Waals surface area contributed by atoms with Crippen molar-refractivity contribution in [3.05, 3.63) is 59.9 Å². The number of nitrogens with zero attached hydrogens (tertiary/aromatic N) is 2. The van der Waals surface area contributed by atoms with Crippen LogP contribution in [0.5, 0.6) is 5.75 Å². The molecule has 4 rings (SSSR count). The molecule has 0 radical (unpaired) electrons. The van der Waals surface area contributed by atoms with E-state index in [1.165, 1.54) is 18.4 Å². The van der Waals surface area contributed by atoms with Crippen LogP contribution in [0.1, 0.15) is 43.2 Å². The van der Waals surface area contributed by atoms with Crippen molar-refractivity contribution in [1.29, 1.82) is 0 Å². The van der Waals surface area contributed by atoms with Gasteiger partial charge in [0.05, 0.1) is 13.0 Å². The number of amides is 2. The number of benzene rings is 1. The number of carbonyl (C=O) groups excluding carboxylic acids is 2. The predicted molar refractivity (Wildman–Crippen MR) is 114 cm³/mol. The number of ether oxygens (including phenoxy) is 1. The third kappa shape index (κ3) is 4.32. The molecule has 0 spiro atoms. The van der Waals surface area contributed by atoms with Crippen LogP contribution >= 0.6 is 0 Å². The SMILES string of the molecule is COc1ccc(C2(CNC(=O)C3CC(=O)N(Cc4ccncc4)C3)CCCC2)cc1. The molecule has 6 nitrogen and oxygen atoms in total. The van der Waals surface area contributed by atoms with Crippen molar-refractivity contribution >= 4 is 11.8 Å². The summed E-state index contributed by atoms with van der Waals surface area (Å²) in [6.45, 7) is 1.62. The molecule has 1 aromatic carbocycles. The molecule has 2 heterocycles. The summed E-state index contributed by atoms with van der Waals surface area (Å²) < 4.78 is 5.28. The summed E-state index contributed by atoms with van der Waals surface area (Å²) in [7, 11) is 1.67. The van der Waals surface area contributed by atoms with Crippen LogP contribution in [-0.2, 0) is 21.5 Å². The number of hydrogen-bond donors (Lipinski definition) is 1. The van der Waals surface area contributed by atoms with E-state index in [1.807, 2.05) is 24.3 Å². The maximum absolute atomic E-state index is 12.9. The molecule has 6 heteroatoms. The summed E-state index contributed by atoms with van der Waals surface area (Å²) in [5.41, 5.74) is 2.26. The van der Waals surface area contributed by atoms with E-state index in [4.69, 9.17) is 4.74 Å². The molecule has 1 aromatic heterocycles. The van der Waals surface area contributed by atoms with Crippen LogP contribution in [0.15, 0.2) is 48.8 Å². The van der Waals surface area contributed by atoms with E-state index in [1.54, 1.807) is 24.4 Å². The summed E-state index contributed by atoms with van der Waals surface area (Å²) in [5, 5.41) is 3.18. The number of methoxy groups -OCH3 is 1. The first kappa shape index (κ1) is 20.4. The lowest BCUT2D eigenvalue weighted by molar-refractivity contribution is -0.129. The molecule has 1 aliphatic carbocycles. The Labute approximate surface area is 177 Å². The van der Waals surface area contributed by atoms with Gasteiger partial charge in [0, 0.05) is 43.9 Å². The number of pyridine rings is 1. The van der Waals surface area contributed by atoms with Crippen molar-refractivity contribution in [3.63, 3.8) is 0 Å². The van der Waals surface area contributed by atoms with Crippen LogP contribution in [-0.4, -0.2) is 41.9 Å². The van der Waals surface area contributed by atoms with Crippen LogP contribution in [0.25, 0.3) is 0 Å². The smallest absolute Gasteiger partial charge is 0.225 e. The Hall–Kier alpha value is -2.89. The van der Waals surface area contributed by atoms with Crippen molar-refractivity contribution in [3.8, 4) is 5.75 Å². The zero-order valence-corrected chi connectivity index (χ0v) is 17.5. The Balaban J connectivity index is 1.37. The molecule has 1 saturated carbocycles. The first-order chi connectivity index (χ1) is 14.6. The standard InChI is InChI=1S/C24H29N3O3/c1-30-21-6-4-20(5-7-21)24(10-2-3-11-24)17-26-23(29)19-14-22(28)27(16-19)15-18-8-12-25-13-9-18/h4-9,12-13,19H,2-3,10-11,14-17H2,1H3,(H,26,29). The van der Waals surface area contributed by atoms with Gasteiger partial charge in [0.15, 0.2) is 0 Å². The average Bonchev–Trinajstić information content (AvgIpc) is 3.41. The zero-order valence-electron chi connectivity index (χ0n) is 17.5. The molecule has 1 aliphatic heterocycles. The second kappa shape index (κ2) is 8.86. The van der Waals surface area contributed by atoms with Gasteiger partial charge in [0.2, 0.25) is 11.8 Å². The molecule has 30 heavy (non-hydrogen) atoms. The van der Waals surface area contributed by atoms with Crippen LogP contribution in [0.2, 0.25) is 0 Å². The topological polar surface area (TPSA) is 71.5 Å². The van der Waals surface area contributed by atoms with Gasteiger partial charge in [-0.3, -0.25) is 14.6 Å². The van der Waals surface area contributed by atoms with E-state index < -0.39 is 0 Å². The average molecular weight is 408 g/mol. The quantitative estimate of drug-likeness (QED) is 0.766. The first-order valence-electron chi connectivity index (χ1n) is 10.7. The summed E-state index contributed by atoms with van der Waals surface area (Å²) in [6, 6.07) is 12.0. The fourth-order valence-corrected chi connectivity index (χ4v) is 4.77. The minimum atomic E-state index is -0.284. The Morgan fingerprint density at radius 1 is 1.17 bits per heavy atom. The molecule has 1 saturated heterocycles. The minimum Gasteiger partial charge on any atom is -0.497 e. The highest BCUT2D eigenvalue weighted by Gasteiger charge is 2.38. The van der Waals surface area contributed by atoms with Crippen molar-refractivity contribution in [2.45, 2.75) is 44.1 Å².